The number of rotatable bonds is 7. The second kappa shape index (κ2) is 7.78. The Morgan fingerprint density at radius 2 is 2.26 bits per heavy atom. The Morgan fingerprint density at radius 1 is 1.53 bits per heavy atom. The molecule has 1 aromatic rings. The molecule has 19 heavy (non-hydrogen) atoms. The third-order valence-electron chi connectivity index (χ3n) is 3.23. The first-order valence-electron chi connectivity index (χ1n) is 6.70. The quantitative estimate of drug-likeness (QED) is 0.680. The summed E-state index contributed by atoms with van der Waals surface area (Å²) < 4.78 is 1.73. The number of carbonyl (C=O) groups is 1. The number of aliphatic hydroxyl groups excluding tert-OH is 1. The molecule has 0 aliphatic rings. The number of nitrogens with zero attached hydrogens (tertiary/aromatic N) is 2. The summed E-state index contributed by atoms with van der Waals surface area (Å²) in [5.41, 5.74) is 1.09. The highest BCUT2D eigenvalue weighted by Gasteiger charge is 2.12. The van der Waals surface area contributed by atoms with Crippen LogP contribution in [0.15, 0.2) is 12.4 Å². The minimum absolute atomic E-state index is 0.190. The summed E-state index contributed by atoms with van der Waals surface area (Å²) in [6.07, 6.45) is 4.85. The molecular weight excluding hydrogens is 244 g/mol. The number of hydrogen-bond donors (Lipinski definition) is 3. The van der Waals surface area contributed by atoms with Gasteiger partial charge in [-0.05, 0) is 17.9 Å². The first kappa shape index (κ1) is 15.5. The zero-order valence-electron chi connectivity index (χ0n) is 11.9. The third-order valence-corrected chi connectivity index (χ3v) is 3.23. The Kier molecular flexibility index (Phi) is 6.35. The average Bonchev–Trinajstić information content (AvgIpc) is 2.80. The predicted molar refractivity (Wildman–Crippen MR) is 73.8 cm³/mol. The zero-order chi connectivity index (χ0) is 14.3. The number of nitrogens with one attached hydrogen (secondary N) is 2. The van der Waals surface area contributed by atoms with Gasteiger partial charge in [0, 0.05) is 26.3 Å². The number of amides is 2. The third kappa shape index (κ3) is 5.74. The van der Waals surface area contributed by atoms with Crippen LogP contribution in [0.2, 0.25) is 0 Å². The first-order valence-corrected chi connectivity index (χ1v) is 6.70. The molecule has 6 heteroatoms. The zero-order valence-corrected chi connectivity index (χ0v) is 11.9. The smallest absolute Gasteiger partial charge is 0.314 e. The second-order valence-corrected chi connectivity index (χ2v) is 4.86. The van der Waals surface area contributed by atoms with Gasteiger partial charge in [0.25, 0.3) is 0 Å². The fourth-order valence-electron chi connectivity index (χ4n) is 1.65. The van der Waals surface area contributed by atoms with Crippen LogP contribution in [0.3, 0.4) is 0 Å². The van der Waals surface area contributed by atoms with E-state index in [-0.39, 0.29) is 18.5 Å². The monoisotopic (exact) mass is 268 g/mol. The molecule has 0 radical (unpaired) electrons. The molecule has 0 saturated carbocycles. The number of aromatic nitrogens is 2. The van der Waals surface area contributed by atoms with E-state index in [9.17, 15) is 9.90 Å². The van der Waals surface area contributed by atoms with Crippen molar-refractivity contribution >= 4 is 6.03 Å². The van der Waals surface area contributed by atoms with Gasteiger partial charge in [-0.25, -0.2) is 4.79 Å². The summed E-state index contributed by atoms with van der Waals surface area (Å²) in [4.78, 5) is 11.5. The van der Waals surface area contributed by atoms with E-state index >= 15 is 0 Å². The van der Waals surface area contributed by atoms with Gasteiger partial charge in [0.15, 0.2) is 0 Å². The van der Waals surface area contributed by atoms with Crippen molar-refractivity contribution in [1.82, 2.24) is 20.4 Å². The SMILES string of the molecule is CCC(C)C(O)CNC(=O)NCCc1cnn(C)c1. The van der Waals surface area contributed by atoms with Crippen LogP contribution in [0.5, 0.6) is 0 Å². The summed E-state index contributed by atoms with van der Waals surface area (Å²) in [6, 6.07) is -0.244. The molecule has 2 atom stereocenters. The first-order chi connectivity index (χ1) is 9.02. The molecule has 0 spiro atoms. The standard InChI is InChI=1S/C13H24N4O2/c1-4-10(2)12(18)8-15-13(19)14-6-5-11-7-16-17(3)9-11/h7,9-10,12,18H,4-6,8H2,1-3H3,(H2,14,15,19). The van der Waals surface area contributed by atoms with Crippen molar-refractivity contribution in [3.63, 3.8) is 0 Å². The Balaban J connectivity index is 2.14. The van der Waals surface area contributed by atoms with E-state index in [0.29, 0.717) is 6.54 Å². The minimum Gasteiger partial charge on any atom is -0.391 e. The number of urea groups is 1. The van der Waals surface area contributed by atoms with Crippen molar-refractivity contribution in [3.05, 3.63) is 18.0 Å². The van der Waals surface area contributed by atoms with Gasteiger partial charge in [-0.3, -0.25) is 4.68 Å². The van der Waals surface area contributed by atoms with Crippen LogP contribution in [-0.4, -0.2) is 40.1 Å². The molecule has 1 aromatic heterocycles. The molecule has 1 heterocycles. The van der Waals surface area contributed by atoms with Gasteiger partial charge in [-0.2, -0.15) is 5.10 Å². The molecule has 2 unspecified atom stereocenters. The highest BCUT2D eigenvalue weighted by atomic mass is 16.3. The van der Waals surface area contributed by atoms with E-state index in [0.717, 1.165) is 18.4 Å². The van der Waals surface area contributed by atoms with Crippen molar-refractivity contribution in [1.29, 1.82) is 0 Å². The van der Waals surface area contributed by atoms with Crippen LogP contribution in [-0.2, 0) is 13.5 Å². The van der Waals surface area contributed by atoms with E-state index in [1.54, 1.807) is 10.9 Å². The minimum atomic E-state index is -0.492. The van der Waals surface area contributed by atoms with Crippen LogP contribution >= 0.6 is 0 Å². The lowest BCUT2D eigenvalue weighted by Gasteiger charge is -2.17. The molecule has 0 fully saturated rings. The summed E-state index contributed by atoms with van der Waals surface area (Å²) >= 11 is 0. The van der Waals surface area contributed by atoms with E-state index in [1.807, 2.05) is 27.1 Å². The van der Waals surface area contributed by atoms with Gasteiger partial charge in [-0.15, -0.1) is 0 Å². The molecule has 108 valence electrons. The van der Waals surface area contributed by atoms with Crippen molar-refractivity contribution in [3.8, 4) is 0 Å². The largest absolute Gasteiger partial charge is 0.391 e. The van der Waals surface area contributed by atoms with E-state index in [4.69, 9.17) is 0 Å². The van der Waals surface area contributed by atoms with Crippen molar-refractivity contribution < 1.29 is 9.90 Å². The van der Waals surface area contributed by atoms with E-state index < -0.39 is 6.10 Å². The normalized spacial score (nSPS) is 13.9. The number of hydrogen-bond acceptors (Lipinski definition) is 3. The number of aryl methyl sites for hydroxylation is 1. The highest BCUT2D eigenvalue weighted by Crippen LogP contribution is 2.05. The topological polar surface area (TPSA) is 79.2 Å². The van der Waals surface area contributed by atoms with Crippen LogP contribution in [0, 0.1) is 5.92 Å². The molecule has 0 bridgehead atoms. The Labute approximate surface area is 114 Å². The Morgan fingerprint density at radius 3 is 2.84 bits per heavy atom. The second-order valence-electron chi connectivity index (χ2n) is 4.86. The Hall–Kier alpha value is -1.56. The maximum Gasteiger partial charge on any atom is 0.314 e. The molecule has 2 amide bonds. The molecule has 0 aromatic carbocycles. The van der Waals surface area contributed by atoms with Gasteiger partial charge in [-0.1, -0.05) is 20.3 Å². The number of aliphatic hydroxyl groups is 1. The van der Waals surface area contributed by atoms with Crippen molar-refractivity contribution in [2.75, 3.05) is 13.1 Å². The predicted octanol–water partition coefficient (Wildman–Crippen LogP) is 0.669. The average molecular weight is 268 g/mol. The molecule has 1 rings (SSSR count). The maximum absolute atomic E-state index is 11.5. The summed E-state index contributed by atoms with van der Waals surface area (Å²) in [5, 5.41) is 19.2. The van der Waals surface area contributed by atoms with Crippen LogP contribution < -0.4 is 10.6 Å². The lowest BCUT2D eigenvalue weighted by atomic mass is 10.0. The lowest BCUT2D eigenvalue weighted by molar-refractivity contribution is 0.114. The van der Waals surface area contributed by atoms with Gasteiger partial charge >= 0.3 is 6.03 Å². The summed E-state index contributed by atoms with van der Waals surface area (Å²) in [5.74, 6) is 0.190. The fraction of sp³-hybridized carbons (Fsp3) is 0.692. The van der Waals surface area contributed by atoms with E-state index in [2.05, 4.69) is 15.7 Å². The number of carbonyl (C=O) groups excluding carboxylic acids is 1. The molecule has 0 saturated heterocycles. The van der Waals surface area contributed by atoms with Gasteiger partial charge in [0.2, 0.25) is 0 Å². The van der Waals surface area contributed by atoms with Crippen molar-refractivity contribution in [2.45, 2.75) is 32.8 Å². The van der Waals surface area contributed by atoms with Crippen LogP contribution in [0.25, 0.3) is 0 Å². The highest BCUT2D eigenvalue weighted by molar-refractivity contribution is 5.73. The van der Waals surface area contributed by atoms with Gasteiger partial charge in [0.1, 0.15) is 0 Å². The molecule has 0 aliphatic heterocycles. The molecular formula is C13H24N4O2. The summed E-state index contributed by atoms with van der Waals surface area (Å²) in [7, 11) is 1.86. The van der Waals surface area contributed by atoms with Crippen molar-refractivity contribution in [2.24, 2.45) is 13.0 Å². The fourth-order valence-corrected chi connectivity index (χ4v) is 1.65. The van der Waals surface area contributed by atoms with Gasteiger partial charge in [0.05, 0.1) is 12.3 Å². The lowest BCUT2D eigenvalue weighted by Crippen LogP contribution is -2.41. The van der Waals surface area contributed by atoms with E-state index in [1.165, 1.54) is 0 Å². The molecule has 0 aliphatic carbocycles. The molecule has 3 N–H and O–H groups in total. The maximum atomic E-state index is 11.5. The molecule has 6 nitrogen and oxygen atoms in total. The van der Waals surface area contributed by atoms with Gasteiger partial charge < -0.3 is 15.7 Å². The summed E-state index contributed by atoms with van der Waals surface area (Å²) in [6.45, 7) is 4.82. The Bertz CT molecular complexity index is 392. The van der Waals surface area contributed by atoms with Crippen LogP contribution in [0.1, 0.15) is 25.8 Å². The van der Waals surface area contributed by atoms with Crippen LogP contribution in [0.4, 0.5) is 4.79 Å².